The second-order valence-electron chi connectivity index (χ2n) is 6.01. The molecule has 0 N–H and O–H groups in total. The Hall–Kier alpha value is -1.07. The third-order valence-corrected chi connectivity index (χ3v) is 6.42. The first-order valence-electron chi connectivity index (χ1n) is 7.60. The highest BCUT2D eigenvalue weighted by molar-refractivity contribution is 7.18. The molecule has 124 valence electrons. The Kier molecular flexibility index (Phi) is 4.33. The van der Waals surface area contributed by atoms with Crippen molar-refractivity contribution in [2.24, 2.45) is 5.92 Å². The molecule has 24 heavy (non-hydrogen) atoms. The van der Waals surface area contributed by atoms with E-state index in [0.29, 0.717) is 32.6 Å². The summed E-state index contributed by atoms with van der Waals surface area (Å²) < 4.78 is 5.99. The molecule has 0 bridgehead atoms. The Labute approximate surface area is 158 Å². The molecule has 0 unspecified atom stereocenters. The van der Waals surface area contributed by atoms with Gasteiger partial charge in [0.1, 0.15) is 16.9 Å². The number of thiophene rings is 1. The first-order valence-corrected chi connectivity index (χ1v) is 9.55. The summed E-state index contributed by atoms with van der Waals surface area (Å²) in [5.41, 5.74) is 1.31. The summed E-state index contributed by atoms with van der Waals surface area (Å²) in [7, 11) is 0. The summed E-state index contributed by atoms with van der Waals surface area (Å²) in [4.78, 5) is 11.1. The van der Waals surface area contributed by atoms with Crippen LogP contribution in [-0.4, -0.2) is 9.97 Å². The van der Waals surface area contributed by atoms with E-state index in [1.807, 2.05) is 0 Å². The lowest BCUT2D eigenvalue weighted by Gasteiger charge is -2.18. The molecule has 1 aliphatic rings. The fraction of sp³-hybridized carbons (Fsp3) is 0.294. The van der Waals surface area contributed by atoms with Crippen LogP contribution in [0.5, 0.6) is 11.6 Å². The van der Waals surface area contributed by atoms with E-state index in [-0.39, 0.29) is 0 Å². The van der Waals surface area contributed by atoms with E-state index in [2.05, 4.69) is 16.9 Å². The summed E-state index contributed by atoms with van der Waals surface area (Å²) in [6, 6.07) is 3.19. The lowest BCUT2D eigenvalue weighted by molar-refractivity contribution is 0.466. The van der Waals surface area contributed by atoms with Gasteiger partial charge in [-0.3, -0.25) is 0 Å². The molecule has 4 rings (SSSR count). The summed E-state index contributed by atoms with van der Waals surface area (Å²) >= 11 is 20.0. The van der Waals surface area contributed by atoms with Crippen molar-refractivity contribution in [2.75, 3.05) is 0 Å². The van der Waals surface area contributed by atoms with Gasteiger partial charge in [0.15, 0.2) is 0 Å². The van der Waals surface area contributed by atoms with Crippen molar-refractivity contribution < 1.29 is 4.74 Å². The maximum Gasteiger partial charge on any atom is 0.231 e. The molecule has 0 saturated carbocycles. The van der Waals surface area contributed by atoms with Gasteiger partial charge >= 0.3 is 0 Å². The molecule has 3 nitrogen and oxygen atoms in total. The maximum absolute atomic E-state index is 6.23. The third-order valence-electron chi connectivity index (χ3n) is 4.24. The molecule has 3 aromatic rings. The molecule has 0 saturated heterocycles. The normalized spacial score (nSPS) is 17.1. The fourth-order valence-electron chi connectivity index (χ4n) is 3.01. The van der Waals surface area contributed by atoms with Gasteiger partial charge in [-0.15, -0.1) is 11.3 Å². The second-order valence-corrected chi connectivity index (χ2v) is 8.31. The number of hydrogen-bond acceptors (Lipinski definition) is 4. The molecule has 2 aromatic heterocycles. The van der Waals surface area contributed by atoms with E-state index in [1.165, 1.54) is 23.2 Å². The molecule has 0 spiro atoms. The quantitative estimate of drug-likeness (QED) is 0.457. The number of nitrogens with zero attached hydrogens (tertiary/aromatic N) is 2. The minimum Gasteiger partial charge on any atom is -0.437 e. The van der Waals surface area contributed by atoms with Crippen LogP contribution in [0.1, 0.15) is 23.8 Å². The topological polar surface area (TPSA) is 35.0 Å². The molecular weight excluding hydrogens is 387 g/mol. The zero-order valence-corrected chi connectivity index (χ0v) is 15.9. The Bertz CT molecular complexity index is 941. The molecule has 1 aromatic carbocycles. The first-order chi connectivity index (χ1) is 11.5. The largest absolute Gasteiger partial charge is 0.437 e. The Balaban J connectivity index is 1.82. The minimum absolute atomic E-state index is 0.391. The van der Waals surface area contributed by atoms with Gasteiger partial charge in [-0.05, 0) is 36.8 Å². The Morgan fingerprint density at radius 2 is 1.92 bits per heavy atom. The summed E-state index contributed by atoms with van der Waals surface area (Å²) in [5.74, 6) is 1.66. The van der Waals surface area contributed by atoms with E-state index in [4.69, 9.17) is 39.5 Å². The zero-order valence-electron chi connectivity index (χ0n) is 12.8. The Morgan fingerprint density at radius 1 is 1.12 bits per heavy atom. The van der Waals surface area contributed by atoms with Gasteiger partial charge in [-0.2, -0.15) is 0 Å². The molecular formula is C17H13Cl3N2OS. The van der Waals surface area contributed by atoms with Crippen LogP contribution in [0, 0.1) is 5.92 Å². The summed E-state index contributed by atoms with van der Waals surface area (Å²) in [6.07, 6.45) is 4.80. The first kappa shape index (κ1) is 16.4. The molecule has 7 heteroatoms. The minimum atomic E-state index is 0.391. The lowest BCUT2D eigenvalue weighted by atomic mass is 9.89. The van der Waals surface area contributed by atoms with Gasteiger partial charge in [0.2, 0.25) is 5.88 Å². The smallest absolute Gasteiger partial charge is 0.231 e. The van der Waals surface area contributed by atoms with Crippen molar-refractivity contribution in [1.29, 1.82) is 0 Å². The van der Waals surface area contributed by atoms with Gasteiger partial charge in [0.25, 0.3) is 0 Å². The van der Waals surface area contributed by atoms with Crippen LogP contribution in [0.4, 0.5) is 0 Å². The fourth-order valence-corrected chi connectivity index (χ4v) is 4.93. The van der Waals surface area contributed by atoms with Crippen LogP contribution < -0.4 is 4.74 Å². The van der Waals surface area contributed by atoms with Crippen molar-refractivity contribution in [2.45, 2.75) is 26.2 Å². The van der Waals surface area contributed by atoms with Gasteiger partial charge < -0.3 is 4.74 Å². The van der Waals surface area contributed by atoms with Gasteiger partial charge in [-0.25, -0.2) is 9.97 Å². The van der Waals surface area contributed by atoms with E-state index in [0.717, 1.165) is 23.1 Å². The SMILES string of the molecule is C[C@H]1CCc2c(sc3ncnc(Oc4cc(Cl)c(Cl)cc4Cl)c23)C1. The number of hydrogen-bond donors (Lipinski definition) is 0. The van der Waals surface area contributed by atoms with Gasteiger partial charge in [0.05, 0.1) is 20.5 Å². The van der Waals surface area contributed by atoms with Gasteiger partial charge in [0, 0.05) is 10.9 Å². The molecule has 0 radical (unpaired) electrons. The average Bonchev–Trinajstić information content (AvgIpc) is 2.90. The molecule has 1 aliphatic carbocycles. The second kappa shape index (κ2) is 6.34. The molecule has 2 heterocycles. The van der Waals surface area contributed by atoms with Crippen molar-refractivity contribution in [3.63, 3.8) is 0 Å². The molecule has 0 amide bonds. The number of halogens is 3. The van der Waals surface area contributed by atoms with Crippen LogP contribution in [-0.2, 0) is 12.8 Å². The van der Waals surface area contributed by atoms with E-state index in [9.17, 15) is 0 Å². The monoisotopic (exact) mass is 398 g/mol. The van der Waals surface area contributed by atoms with Crippen LogP contribution >= 0.6 is 46.1 Å². The highest BCUT2D eigenvalue weighted by Gasteiger charge is 2.24. The third kappa shape index (κ3) is 2.86. The molecule has 1 atom stereocenters. The van der Waals surface area contributed by atoms with Crippen molar-refractivity contribution >= 4 is 56.4 Å². The average molecular weight is 400 g/mol. The number of rotatable bonds is 2. The number of fused-ring (bicyclic) bond motifs is 3. The van der Waals surface area contributed by atoms with Crippen LogP contribution in [0.15, 0.2) is 18.5 Å². The van der Waals surface area contributed by atoms with Crippen molar-refractivity contribution in [3.8, 4) is 11.6 Å². The standard InChI is InChI=1S/C17H13Cl3N2OS/c1-8-2-3-9-14(4-8)24-17-15(9)16(21-7-22-17)23-13-6-11(19)10(18)5-12(13)20/h5-8H,2-4H2,1H3/t8-/m0/s1. The van der Waals surface area contributed by atoms with Crippen molar-refractivity contribution in [1.82, 2.24) is 9.97 Å². The summed E-state index contributed by atoms with van der Waals surface area (Å²) in [6.45, 7) is 2.28. The molecule has 0 aliphatic heterocycles. The number of aryl methyl sites for hydroxylation is 1. The van der Waals surface area contributed by atoms with Crippen LogP contribution in [0.2, 0.25) is 15.1 Å². The maximum atomic E-state index is 6.23. The number of benzene rings is 1. The Morgan fingerprint density at radius 3 is 2.75 bits per heavy atom. The summed E-state index contributed by atoms with van der Waals surface area (Å²) in [5, 5.41) is 2.17. The number of ether oxygens (including phenoxy) is 1. The number of aromatic nitrogens is 2. The van der Waals surface area contributed by atoms with E-state index >= 15 is 0 Å². The highest BCUT2D eigenvalue weighted by atomic mass is 35.5. The lowest BCUT2D eigenvalue weighted by Crippen LogP contribution is -2.08. The molecule has 0 fully saturated rings. The van der Waals surface area contributed by atoms with E-state index < -0.39 is 0 Å². The predicted octanol–water partition coefficient (Wildman–Crippen LogP) is 6.57. The van der Waals surface area contributed by atoms with Crippen LogP contribution in [0.3, 0.4) is 0 Å². The highest BCUT2D eigenvalue weighted by Crippen LogP contribution is 2.43. The van der Waals surface area contributed by atoms with Crippen LogP contribution in [0.25, 0.3) is 10.2 Å². The predicted molar refractivity (Wildman–Crippen MR) is 100 cm³/mol. The van der Waals surface area contributed by atoms with Crippen molar-refractivity contribution in [3.05, 3.63) is 44.0 Å². The van der Waals surface area contributed by atoms with Gasteiger partial charge in [-0.1, -0.05) is 41.7 Å². The van der Waals surface area contributed by atoms with E-state index in [1.54, 1.807) is 23.5 Å². The zero-order chi connectivity index (χ0) is 16.8.